The van der Waals surface area contributed by atoms with Crippen LogP contribution in [0.25, 0.3) is 121 Å². The van der Waals surface area contributed by atoms with Gasteiger partial charge in [-0.1, -0.05) is 182 Å². The van der Waals surface area contributed by atoms with E-state index in [4.69, 9.17) is 0 Å². The maximum atomic E-state index is 2.55. The molecule has 0 nitrogen and oxygen atoms in total. The van der Waals surface area contributed by atoms with E-state index in [9.17, 15) is 0 Å². The maximum Gasteiger partial charge on any atom is 0.0136 e. The molecule has 3 aliphatic carbocycles. The van der Waals surface area contributed by atoms with Crippen molar-refractivity contribution in [3.05, 3.63) is 230 Å². The van der Waals surface area contributed by atoms with Gasteiger partial charge in [0.25, 0.3) is 0 Å². The number of benzene rings is 10. The Morgan fingerprint density at radius 2 is 0.857 bits per heavy atom. The monoisotopic (exact) mass is 798 g/mol. The van der Waals surface area contributed by atoms with Gasteiger partial charge in [0, 0.05) is 5.92 Å². The van der Waals surface area contributed by atoms with Crippen molar-refractivity contribution < 1.29 is 0 Å². The first kappa shape index (κ1) is 35.9. The number of fused-ring (bicyclic) bond motifs is 11. The lowest BCUT2D eigenvalue weighted by Crippen LogP contribution is -1.98. The van der Waals surface area contributed by atoms with Gasteiger partial charge in [-0.3, -0.25) is 0 Å². The van der Waals surface area contributed by atoms with Crippen LogP contribution in [0.3, 0.4) is 0 Å². The summed E-state index contributed by atoms with van der Waals surface area (Å²) < 4.78 is 0. The fourth-order valence-electron chi connectivity index (χ4n) is 11.3. The molecule has 10 aromatic carbocycles. The summed E-state index contributed by atoms with van der Waals surface area (Å²) in [5.74, 6) is 0.338. The van der Waals surface area contributed by atoms with E-state index in [-0.39, 0.29) is 0 Å². The van der Waals surface area contributed by atoms with Crippen molar-refractivity contribution in [2.45, 2.75) is 13.3 Å². The Labute approximate surface area is 368 Å². The zero-order chi connectivity index (χ0) is 41.6. The predicted octanol–water partition coefficient (Wildman–Crippen LogP) is 17.5. The molecule has 10 aromatic rings. The van der Waals surface area contributed by atoms with Crippen molar-refractivity contribution in [1.29, 1.82) is 0 Å². The van der Waals surface area contributed by atoms with E-state index >= 15 is 0 Å². The van der Waals surface area contributed by atoms with Gasteiger partial charge in [0.05, 0.1) is 0 Å². The van der Waals surface area contributed by atoms with E-state index in [2.05, 4.69) is 225 Å². The molecule has 3 aliphatic rings. The highest BCUT2D eigenvalue weighted by atomic mass is 14.4. The summed E-state index contributed by atoms with van der Waals surface area (Å²) in [5.41, 5.74) is 20.7. The number of hydrogen-bond acceptors (Lipinski definition) is 0. The maximum absolute atomic E-state index is 2.55. The topological polar surface area (TPSA) is 0 Å². The third-order valence-electron chi connectivity index (χ3n) is 14.1. The van der Waals surface area contributed by atoms with Gasteiger partial charge in [-0.15, -0.1) is 0 Å². The van der Waals surface area contributed by atoms with E-state index in [1.54, 1.807) is 0 Å². The Kier molecular flexibility index (Phi) is 8.05. The van der Waals surface area contributed by atoms with Crippen LogP contribution in [0.1, 0.15) is 24.5 Å². The SMILES string of the molecule is C/C=C\C=C1\c2cc3c(-c4ccccc4-c4ccccc4)cc4c5cc6c(cc5c(-c5ccccc5-c5ccccc5)cc4c3cc2C2=CC=CCC21)-c1cccc2cccc-6c12. The second-order valence-corrected chi connectivity index (χ2v) is 17.3. The molecule has 13 rings (SSSR count). The second kappa shape index (κ2) is 14.1. The van der Waals surface area contributed by atoms with Crippen molar-refractivity contribution in [2.24, 2.45) is 5.92 Å². The van der Waals surface area contributed by atoms with E-state index in [0.29, 0.717) is 5.92 Å². The third kappa shape index (κ3) is 5.41. The van der Waals surface area contributed by atoms with Crippen molar-refractivity contribution in [1.82, 2.24) is 0 Å². The molecule has 0 saturated heterocycles. The summed E-state index contributed by atoms with van der Waals surface area (Å²) in [5, 5.41) is 10.3. The van der Waals surface area contributed by atoms with Crippen LogP contribution < -0.4 is 0 Å². The molecule has 0 amide bonds. The number of hydrogen-bond donors (Lipinski definition) is 0. The van der Waals surface area contributed by atoms with Gasteiger partial charge >= 0.3 is 0 Å². The molecule has 0 aromatic heterocycles. The summed E-state index contributed by atoms with van der Waals surface area (Å²) >= 11 is 0. The summed E-state index contributed by atoms with van der Waals surface area (Å²) in [4.78, 5) is 0. The minimum atomic E-state index is 0.338. The summed E-state index contributed by atoms with van der Waals surface area (Å²) in [6.45, 7) is 2.11. The lowest BCUT2D eigenvalue weighted by Gasteiger charge is -2.20. The van der Waals surface area contributed by atoms with Gasteiger partial charge in [-0.25, -0.2) is 0 Å². The van der Waals surface area contributed by atoms with E-state index in [1.165, 1.54) is 132 Å². The lowest BCUT2D eigenvalue weighted by molar-refractivity contribution is 0.886. The van der Waals surface area contributed by atoms with Crippen LogP contribution in [0, 0.1) is 5.92 Å². The number of allylic oxidation sites excluding steroid dienone is 8. The zero-order valence-electron chi connectivity index (χ0n) is 35.1. The highest BCUT2D eigenvalue weighted by Crippen LogP contribution is 2.55. The minimum Gasteiger partial charge on any atom is -0.0877 e. The van der Waals surface area contributed by atoms with Crippen LogP contribution in [0.15, 0.2) is 218 Å². The van der Waals surface area contributed by atoms with Crippen LogP contribution >= 0.6 is 0 Å². The van der Waals surface area contributed by atoms with E-state index in [0.717, 1.165) is 6.42 Å². The molecular weight excluding hydrogens is 757 g/mol. The fourth-order valence-corrected chi connectivity index (χ4v) is 11.3. The van der Waals surface area contributed by atoms with Crippen LogP contribution in [-0.4, -0.2) is 0 Å². The molecule has 0 spiro atoms. The highest BCUT2D eigenvalue weighted by Gasteiger charge is 2.33. The molecule has 0 heteroatoms. The van der Waals surface area contributed by atoms with Crippen LogP contribution in [0.2, 0.25) is 0 Å². The molecule has 1 unspecified atom stereocenters. The standard InChI is InChI=1S/C63H42/c1-2-3-24-47-46-29-14-15-30-48(46)54-36-59-57(35-53(47)54)51(44-27-12-10-25-42(44)39-18-6-4-7-19-39)33-61-60(59)34-52(45-28-13-11-26-43(45)40-20-8-5-9-21-40)58-37-55-49-31-16-22-41-23-17-32-50(63(41)49)56(55)38-62(58)61/h2-28,30-38,46H,29H2,1H3/b3-2-,47-24+. The van der Waals surface area contributed by atoms with Gasteiger partial charge < -0.3 is 0 Å². The minimum absolute atomic E-state index is 0.338. The number of rotatable bonds is 5. The Morgan fingerprint density at radius 3 is 1.43 bits per heavy atom. The second-order valence-electron chi connectivity index (χ2n) is 17.3. The molecule has 0 saturated carbocycles. The van der Waals surface area contributed by atoms with Gasteiger partial charge in [-0.2, -0.15) is 0 Å². The zero-order valence-corrected chi connectivity index (χ0v) is 35.1. The Morgan fingerprint density at radius 1 is 0.397 bits per heavy atom. The summed E-state index contributed by atoms with van der Waals surface area (Å²) in [6.07, 6.45) is 14.7. The van der Waals surface area contributed by atoms with Gasteiger partial charge in [-0.05, 0) is 182 Å². The average molecular weight is 799 g/mol. The van der Waals surface area contributed by atoms with Crippen molar-refractivity contribution in [3.8, 4) is 66.8 Å². The molecule has 1 atom stereocenters. The molecule has 294 valence electrons. The first-order valence-corrected chi connectivity index (χ1v) is 22.3. The van der Waals surface area contributed by atoms with Gasteiger partial charge in [0.1, 0.15) is 0 Å². The van der Waals surface area contributed by atoms with Crippen LogP contribution in [0.5, 0.6) is 0 Å². The van der Waals surface area contributed by atoms with E-state index < -0.39 is 0 Å². The molecular formula is C63H42. The first-order valence-electron chi connectivity index (χ1n) is 22.3. The Balaban J connectivity index is 1.22. The largest absolute Gasteiger partial charge is 0.0877 e. The molecule has 0 bridgehead atoms. The molecule has 0 N–H and O–H groups in total. The molecule has 0 fully saturated rings. The predicted molar refractivity (Wildman–Crippen MR) is 271 cm³/mol. The van der Waals surface area contributed by atoms with Crippen LogP contribution in [0.4, 0.5) is 0 Å². The molecule has 0 radical (unpaired) electrons. The highest BCUT2D eigenvalue weighted by molar-refractivity contribution is 6.28. The van der Waals surface area contributed by atoms with Gasteiger partial charge in [0.15, 0.2) is 0 Å². The van der Waals surface area contributed by atoms with Crippen LogP contribution in [-0.2, 0) is 0 Å². The molecule has 0 aliphatic heterocycles. The average Bonchev–Trinajstić information content (AvgIpc) is 3.84. The Bertz CT molecular complexity index is 3680. The molecule has 0 heterocycles. The smallest absolute Gasteiger partial charge is 0.0136 e. The lowest BCUT2D eigenvalue weighted by atomic mass is 9.83. The van der Waals surface area contributed by atoms with Crippen molar-refractivity contribution >= 4 is 54.2 Å². The third-order valence-corrected chi connectivity index (χ3v) is 14.1. The summed E-state index contributed by atoms with van der Waals surface area (Å²) in [7, 11) is 0. The Hall–Kier alpha value is -7.80. The summed E-state index contributed by atoms with van der Waals surface area (Å²) in [6, 6.07) is 68.6. The van der Waals surface area contributed by atoms with Crippen molar-refractivity contribution in [2.75, 3.05) is 0 Å². The quantitative estimate of drug-likeness (QED) is 0.152. The fraction of sp³-hybridized carbons (Fsp3) is 0.0476. The van der Waals surface area contributed by atoms with Crippen molar-refractivity contribution in [3.63, 3.8) is 0 Å². The van der Waals surface area contributed by atoms with E-state index in [1.807, 2.05) is 0 Å². The van der Waals surface area contributed by atoms with Gasteiger partial charge in [0.2, 0.25) is 0 Å². The first-order chi connectivity index (χ1) is 31.2. The molecule has 63 heavy (non-hydrogen) atoms. The normalized spacial score (nSPS) is 15.5.